The van der Waals surface area contributed by atoms with Gasteiger partial charge >= 0.3 is 0 Å². The quantitative estimate of drug-likeness (QED) is 0.845. The lowest BCUT2D eigenvalue weighted by molar-refractivity contribution is 0.104. The minimum atomic E-state index is -0.451. The smallest absolute Gasteiger partial charge is 0.119 e. The number of aliphatic hydroxyl groups is 1. The van der Waals surface area contributed by atoms with Crippen molar-refractivity contribution >= 4 is 0 Å². The van der Waals surface area contributed by atoms with Gasteiger partial charge < -0.3 is 15.2 Å². The summed E-state index contributed by atoms with van der Waals surface area (Å²) in [7, 11) is 0. The van der Waals surface area contributed by atoms with Crippen LogP contribution in [0.4, 0.5) is 0 Å². The Kier molecular flexibility index (Phi) is 5.65. The van der Waals surface area contributed by atoms with Gasteiger partial charge in [0.25, 0.3) is 0 Å². The molecule has 1 aromatic rings. The summed E-state index contributed by atoms with van der Waals surface area (Å²) < 4.78 is 5.66. The van der Waals surface area contributed by atoms with E-state index in [1.807, 2.05) is 12.1 Å². The van der Waals surface area contributed by atoms with Crippen molar-refractivity contribution in [3.05, 3.63) is 29.8 Å². The second-order valence-electron chi connectivity index (χ2n) is 7.13. The van der Waals surface area contributed by atoms with Crippen molar-refractivity contribution in [2.24, 2.45) is 0 Å². The van der Waals surface area contributed by atoms with E-state index in [1.54, 1.807) is 0 Å². The first kappa shape index (κ1) is 16.3. The third kappa shape index (κ3) is 5.33. The maximum absolute atomic E-state index is 9.97. The van der Waals surface area contributed by atoms with Gasteiger partial charge in [-0.1, -0.05) is 45.7 Å². The third-order valence-corrected chi connectivity index (χ3v) is 4.16. The summed E-state index contributed by atoms with van der Waals surface area (Å²) in [5.74, 6) is 0.822. The Bertz CT molecular complexity index is 416. The summed E-state index contributed by atoms with van der Waals surface area (Å²) in [5.41, 5.74) is 1.45. The molecule has 1 aliphatic carbocycles. The van der Waals surface area contributed by atoms with Crippen LogP contribution in [0.5, 0.6) is 5.75 Å². The van der Waals surface area contributed by atoms with E-state index in [2.05, 4.69) is 38.2 Å². The van der Waals surface area contributed by atoms with Crippen molar-refractivity contribution in [2.75, 3.05) is 13.2 Å². The molecule has 1 fully saturated rings. The first-order valence-corrected chi connectivity index (χ1v) is 8.10. The van der Waals surface area contributed by atoms with Gasteiger partial charge in [-0.3, -0.25) is 0 Å². The molecule has 1 unspecified atom stereocenters. The number of aliphatic hydroxyl groups excluding tert-OH is 1. The maximum Gasteiger partial charge on any atom is 0.119 e. The first-order valence-electron chi connectivity index (χ1n) is 8.10. The molecule has 2 N–H and O–H groups in total. The highest BCUT2D eigenvalue weighted by Crippen LogP contribution is 2.24. The van der Waals surface area contributed by atoms with Gasteiger partial charge in [0.15, 0.2) is 0 Å². The summed E-state index contributed by atoms with van der Waals surface area (Å²) in [4.78, 5) is 0. The van der Waals surface area contributed by atoms with Crippen LogP contribution in [0.1, 0.15) is 52.0 Å². The second-order valence-corrected chi connectivity index (χ2v) is 7.13. The molecule has 0 saturated heterocycles. The molecule has 0 radical (unpaired) electrons. The molecule has 3 heteroatoms. The average molecular weight is 291 g/mol. The summed E-state index contributed by atoms with van der Waals surface area (Å²) in [6, 6.07) is 8.75. The first-order chi connectivity index (χ1) is 9.95. The van der Waals surface area contributed by atoms with Crippen LogP contribution in [0.3, 0.4) is 0 Å². The fourth-order valence-electron chi connectivity index (χ4n) is 2.74. The topological polar surface area (TPSA) is 41.5 Å². The number of rotatable bonds is 6. The van der Waals surface area contributed by atoms with Gasteiger partial charge in [0.05, 0.1) is 0 Å². The van der Waals surface area contributed by atoms with Crippen LogP contribution in [0.25, 0.3) is 0 Å². The fraction of sp³-hybridized carbons (Fsp3) is 0.667. The molecule has 1 aromatic carbocycles. The molecular formula is C18H29NO2. The average Bonchev–Trinajstić information content (AvgIpc) is 2.95. The summed E-state index contributed by atoms with van der Waals surface area (Å²) in [6.07, 6.45) is 4.64. The van der Waals surface area contributed by atoms with E-state index in [0.29, 0.717) is 19.2 Å². The Morgan fingerprint density at radius 1 is 1.19 bits per heavy atom. The predicted molar refractivity (Wildman–Crippen MR) is 86.9 cm³/mol. The van der Waals surface area contributed by atoms with Gasteiger partial charge in [0, 0.05) is 12.6 Å². The van der Waals surface area contributed by atoms with Crippen LogP contribution in [0, 0.1) is 0 Å². The molecule has 0 aliphatic heterocycles. The van der Waals surface area contributed by atoms with Crippen molar-refractivity contribution in [3.63, 3.8) is 0 Å². The Balaban J connectivity index is 1.71. The zero-order valence-electron chi connectivity index (χ0n) is 13.6. The summed E-state index contributed by atoms with van der Waals surface area (Å²) >= 11 is 0. The van der Waals surface area contributed by atoms with Crippen LogP contribution in [0.15, 0.2) is 24.3 Å². The molecule has 2 rings (SSSR count). The highest BCUT2D eigenvalue weighted by atomic mass is 16.5. The van der Waals surface area contributed by atoms with Crippen molar-refractivity contribution < 1.29 is 9.84 Å². The molecule has 118 valence electrons. The van der Waals surface area contributed by atoms with Gasteiger partial charge in [-0.25, -0.2) is 0 Å². The van der Waals surface area contributed by atoms with E-state index < -0.39 is 6.10 Å². The zero-order chi connectivity index (χ0) is 15.3. The van der Waals surface area contributed by atoms with Crippen LogP contribution in [-0.2, 0) is 5.41 Å². The van der Waals surface area contributed by atoms with Gasteiger partial charge in [-0.15, -0.1) is 0 Å². The summed E-state index contributed by atoms with van der Waals surface area (Å²) in [6.45, 7) is 7.54. The highest BCUT2D eigenvalue weighted by molar-refractivity contribution is 5.31. The SMILES string of the molecule is CC(C)(C)c1ccc(OCC(O)CNC2CCCC2)cc1. The lowest BCUT2D eigenvalue weighted by Crippen LogP contribution is -2.36. The zero-order valence-corrected chi connectivity index (χ0v) is 13.6. The molecule has 0 heterocycles. The van der Waals surface area contributed by atoms with E-state index in [1.165, 1.54) is 31.2 Å². The highest BCUT2D eigenvalue weighted by Gasteiger charge is 2.16. The molecule has 1 aliphatic rings. The van der Waals surface area contributed by atoms with Crippen molar-refractivity contribution in [1.29, 1.82) is 0 Å². The monoisotopic (exact) mass is 291 g/mol. The Morgan fingerprint density at radius 2 is 1.81 bits per heavy atom. The molecule has 1 atom stereocenters. The Morgan fingerprint density at radius 3 is 2.38 bits per heavy atom. The molecule has 0 aromatic heterocycles. The van der Waals surface area contributed by atoms with Gasteiger partial charge in [0.1, 0.15) is 18.5 Å². The molecule has 0 spiro atoms. The van der Waals surface area contributed by atoms with Gasteiger partial charge in [-0.2, -0.15) is 0 Å². The van der Waals surface area contributed by atoms with Crippen LogP contribution in [0.2, 0.25) is 0 Å². The number of nitrogens with one attached hydrogen (secondary N) is 1. The molecule has 0 amide bonds. The van der Waals surface area contributed by atoms with Gasteiger partial charge in [0.2, 0.25) is 0 Å². The minimum Gasteiger partial charge on any atom is -0.491 e. The van der Waals surface area contributed by atoms with E-state index in [-0.39, 0.29) is 5.41 Å². The molecule has 1 saturated carbocycles. The van der Waals surface area contributed by atoms with Crippen molar-refractivity contribution in [1.82, 2.24) is 5.32 Å². The lowest BCUT2D eigenvalue weighted by Gasteiger charge is -2.20. The number of hydrogen-bond acceptors (Lipinski definition) is 3. The third-order valence-electron chi connectivity index (χ3n) is 4.16. The van der Waals surface area contributed by atoms with E-state index in [4.69, 9.17) is 4.74 Å². The minimum absolute atomic E-state index is 0.156. The predicted octanol–water partition coefficient (Wildman–Crippen LogP) is 3.26. The normalized spacial score (nSPS) is 17.9. The van der Waals surface area contributed by atoms with E-state index in [9.17, 15) is 5.11 Å². The number of ether oxygens (including phenoxy) is 1. The summed E-state index contributed by atoms with van der Waals surface area (Å²) in [5, 5.41) is 13.4. The second kappa shape index (κ2) is 7.28. The Hall–Kier alpha value is -1.06. The fourth-order valence-corrected chi connectivity index (χ4v) is 2.74. The maximum atomic E-state index is 9.97. The molecular weight excluding hydrogens is 262 g/mol. The number of hydrogen-bond donors (Lipinski definition) is 2. The Labute approximate surface area is 128 Å². The molecule has 21 heavy (non-hydrogen) atoms. The molecule has 3 nitrogen and oxygen atoms in total. The largest absolute Gasteiger partial charge is 0.491 e. The van der Waals surface area contributed by atoms with Gasteiger partial charge in [-0.05, 0) is 36.0 Å². The van der Waals surface area contributed by atoms with E-state index >= 15 is 0 Å². The lowest BCUT2D eigenvalue weighted by atomic mass is 9.87. The van der Waals surface area contributed by atoms with Crippen molar-refractivity contribution in [3.8, 4) is 5.75 Å². The van der Waals surface area contributed by atoms with Crippen LogP contribution >= 0.6 is 0 Å². The van der Waals surface area contributed by atoms with E-state index in [0.717, 1.165) is 5.75 Å². The molecule has 0 bridgehead atoms. The number of benzene rings is 1. The van der Waals surface area contributed by atoms with Crippen molar-refractivity contribution in [2.45, 2.75) is 64.0 Å². The van der Waals surface area contributed by atoms with Crippen LogP contribution < -0.4 is 10.1 Å². The van der Waals surface area contributed by atoms with Crippen LogP contribution in [-0.4, -0.2) is 30.4 Å². The standard InChI is InChI=1S/C18H29NO2/c1-18(2,3)14-8-10-17(11-9-14)21-13-16(20)12-19-15-6-4-5-7-15/h8-11,15-16,19-20H,4-7,12-13H2,1-3H3.